The Labute approximate surface area is 139 Å². The number of allylic oxidation sites excluding steroid dienone is 5. The molecule has 0 unspecified atom stereocenters. The van der Waals surface area contributed by atoms with Gasteiger partial charge < -0.3 is 9.47 Å². The molecule has 0 saturated heterocycles. The van der Waals surface area contributed by atoms with E-state index in [1.807, 2.05) is 25.2 Å². The molecule has 0 bridgehead atoms. The summed E-state index contributed by atoms with van der Waals surface area (Å²) in [6.07, 6.45) is 14.4. The van der Waals surface area contributed by atoms with Gasteiger partial charge in [0.15, 0.2) is 5.41 Å². The van der Waals surface area contributed by atoms with Crippen LogP contribution in [0.3, 0.4) is 0 Å². The highest BCUT2D eigenvalue weighted by Gasteiger charge is 2.46. The molecule has 0 aliphatic rings. The van der Waals surface area contributed by atoms with Gasteiger partial charge in [0.2, 0.25) is 0 Å². The van der Waals surface area contributed by atoms with Gasteiger partial charge in [-0.2, -0.15) is 0 Å². The average Bonchev–Trinajstić information content (AvgIpc) is 2.58. The van der Waals surface area contributed by atoms with Crippen LogP contribution in [0.2, 0.25) is 0 Å². The van der Waals surface area contributed by atoms with E-state index in [-0.39, 0.29) is 12.8 Å². The van der Waals surface area contributed by atoms with E-state index >= 15 is 0 Å². The summed E-state index contributed by atoms with van der Waals surface area (Å²) in [7, 11) is 2.55. The third-order valence-electron chi connectivity index (χ3n) is 3.45. The van der Waals surface area contributed by atoms with Crippen LogP contribution in [0.5, 0.6) is 0 Å². The van der Waals surface area contributed by atoms with Crippen molar-refractivity contribution in [1.29, 1.82) is 0 Å². The Bertz CT molecular complexity index is 464. The van der Waals surface area contributed by atoms with Crippen molar-refractivity contribution in [2.24, 2.45) is 5.41 Å². The highest BCUT2D eigenvalue weighted by molar-refractivity contribution is 6.00. The van der Waals surface area contributed by atoms with E-state index in [0.717, 1.165) is 19.3 Å². The molecule has 0 rings (SSSR count). The summed E-state index contributed by atoms with van der Waals surface area (Å²) in [4.78, 5) is 24.5. The maximum absolute atomic E-state index is 12.2. The molecule has 0 aromatic heterocycles. The van der Waals surface area contributed by atoms with E-state index in [9.17, 15) is 9.59 Å². The smallest absolute Gasteiger partial charge is 0.323 e. The van der Waals surface area contributed by atoms with Crippen molar-refractivity contribution in [3.63, 3.8) is 0 Å². The van der Waals surface area contributed by atoms with Gasteiger partial charge >= 0.3 is 11.9 Å². The van der Waals surface area contributed by atoms with Crippen molar-refractivity contribution in [2.45, 2.75) is 46.0 Å². The Morgan fingerprint density at radius 2 is 1.70 bits per heavy atom. The number of hydrogen-bond acceptors (Lipinski definition) is 4. The van der Waals surface area contributed by atoms with Crippen LogP contribution < -0.4 is 0 Å². The van der Waals surface area contributed by atoms with Crippen LogP contribution in [0.4, 0.5) is 0 Å². The van der Waals surface area contributed by atoms with E-state index in [1.165, 1.54) is 14.2 Å². The molecule has 0 radical (unpaired) electrons. The molecule has 128 valence electrons. The monoisotopic (exact) mass is 320 g/mol. The fourth-order valence-electron chi connectivity index (χ4n) is 2.06. The molecule has 0 aliphatic carbocycles. The lowest BCUT2D eigenvalue weighted by molar-refractivity contribution is -0.168. The molecule has 0 amide bonds. The number of ether oxygens (including phenoxy) is 2. The number of hydrogen-bond donors (Lipinski definition) is 0. The van der Waals surface area contributed by atoms with Crippen molar-refractivity contribution < 1.29 is 19.1 Å². The Balaban J connectivity index is 5.33. The predicted octanol–water partition coefficient (Wildman–Crippen LogP) is 4.13. The quantitative estimate of drug-likeness (QED) is 0.200. The van der Waals surface area contributed by atoms with Crippen molar-refractivity contribution in [1.82, 2.24) is 0 Å². The third kappa shape index (κ3) is 7.16. The van der Waals surface area contributed by atoms with Crippen LogP contribution in [0, 0.1) is 5.41 Å². The number of carbonyl (C=O) groups excluding carboxylic acids is 2. The van der Waals surface area contributed by atoms with Gasteiger partial charge in [0.25, 0.3) is 0 Å². The number of rotatable bonds is 10. The molecule has 0 spiro atoms. The summed E-state index contributed by atoms with van der Waals surface area (Å²) < 4.78 is 9.68. The van der Waals surface area contributed by atoms with Crippen LogP contribution in [0.25, 0.3) is 0 Å². The predicted molar refractivity (Wildman–Crippen MR) is 91.8 cm³/mol. The van der Waals surface area contributed by atoms with Crippen LogP contribution >= 0.6 is 0 Å². The first kappa shape index (κ1) is 20.9. The summed E-state index contributed by atoms with van der Waals surface area (Å²) in [6.45, 7) is 4.01. The summed E-state index contributed by atoms with van der Waals surface area (Å²) in [5.74, 6) is -1.19. The number of carbonyl (C=O) groups is 2. The Kier molecular flexibility index (Phi) is 11.4. The largest absolute Gasteiger partial charge is 0.468 e. The fraction of sp³-hybridized carbons (Fsp3) is 0.526. The number of esters is 2. The summed E-state index contributed by atoms with van der Waals surface area (Å²) in [5, 5.41) is 0. The zero-order valence-electron chi connectivity index (χ0n) is 14.6. The van der Waals surface area contributed by atoms with Crippen LogP contribution in [-0.2, 0) is 19.1 Å². The Hall–Kier alpha value is -2.06. The second-order valence-electron chi connectivity index (χ2n) is 5.14. The Morgan fingerprint density at radius 1 is 1.04 bits per heavy atom. The van der Waals surface area contributed by atoms with Crippen molar-refractivity contribution in [3.05, 3.63) is 42.2 Å². The first-order valence-corrected chi connectivity index (χ1v) is 7.93. The maximum atomic E-state index is 12.2. The molecule has 4 nitrogen and oxygen atoms in total. The maximum Gasteiger partial charge on any atom is 0.323 e. The first-order chi connectivity index (χ1) is 11.1. The van der Waals surface area contributed by atoms with Crippen molar-refractivity contribution in [2.75, 3.05) is 14.2 Å². The topological polar surface area (TPSA) is 52.6 Å². The lowest BCUT2D eigenvalue weighted by Gasteiger charge is -2.25. The molecule has 0 aromatic rings. The molecule has 23 heavy (non-hydrogen) atoms. The van der Waals surface area contributed by atoms with Crippen molar-refractivity contribution in [3.8, 4) is 0 Å². The van der Waals surface area contributed by atoms with Crippen LogP contribution in [-0.4, -0.2) is 26.2 Å². The van der Waals surface area contributed by atoms with Crippen LogP contribution in [0.15, 0.2) is 42.2 Å². The van der Waals surface area contributed by atoms with Gasteiger partial charge in [-0.3, -0.25) is 9.59 Å². The van der Waals surface area contributed by atoms with Gasteiger partial charge in [0.1, 0.15) is 0 Å². The van der Waals surface area contributed by atoms with E-state index in [0.29, 0.717) is 0 Å². The normalized spacial score (nSPS) is 11.3. The fourth-order valence-corrected chi connectivity index (χ4v) is 2.06. The summed E-state index contributed by atoms with van der Waals surface area (Å²) in [6, 6.07) is 0. The lowest BCUT2D eigenvalue weighted by atomic mass is 9.80. The Morgan fingerprint density at radius 3 is 2.22 bits per heavy atom. The van der Waals surface area contributed by atoms with Gasteiger partial charge in [0, 0.05) is 0 Å². The summed E-state index contributed by atoms with van der Waals surface area (Å²) >= 11 is 0. The van der Waals surface area contributed by atoms with E-state index in [1.54, 1.807) is 18.2 Å². The molecule has 0 atom stereocenters. The second-order valence-corrected chi connectivity index (χ2v) is 5.14. The number of unbranched alkanes of at least 4 members (excludes halogenated alkanes) is 2. The highest BCUT2D eigenvalue weighted by atomic mass is 16.5. The van der Waals surface area contributed by atoms with E-state index in [4.69, 9.17) is 9.47 Å². The van der Waals surface area contributed by atoms with Gasteiger partial charge in [-0.15, -0.1) is 5.73 Å². The van der Waals surface area contributed by atoms with Gasteiger partial charge in [-0.25, -0.2) is 0 Å². The SMILES string of the molecule is C/C=C/C=C/CC(CC=C=CCCCC)(C(=O)OC)C(=O)OC. The molecule has 0 fully saturated rings. The van der Waals surface area contributed by atoms with Crippen LogP contribution in [0.1, 0.15) is 46.0 Å². The average molecular weight is 320 g/mol. The van der Waals surface area contributed by atoms with Gasteiger partial charge in [-0.05, 0) is 44.8 Å². The first-order valence-electron chi connectivity index (χ1n) is 7.93. The lowest BCUT2D eigenvalue weighted by Crippen LogP contribution is -2.40. The van der Waals surface area contributed by atoms with E-state index < -0.39 is 17.4 Å². The minimum Gasteiger partial charge on any atom is -0.468 e. The van der Waals surface area contributed by atoms with Gasteiger partial charge in [0.05, 0.1) is 14.2 Å². The standard InChI is InChI=1S/C19H28O4/c1-5-7-9-11-12-14-16-19(17(20)22-3,18(21)23-4)15-13-10-8-6-2/h6,8,10-11,13-14H,5,7,9,15-16H2,1-4H3/b8-6+,13-10+. The molecular formula is C19H28O4. The minimum atomic E-state index is -1.37. The zero-order valence-corrected chi connectivity index (χ0v) is 14.6. The zero-order chi connectivity index (χ0) is 17.6. The molecule has 0 saturated carbocycles. The molecule has 0 aromatic carbocycles. The summed E-state index contributed by atoms with van der Waals surface area (Å²) in [5.41, 5.74) is 1.66. The van der Waals surface area contributed by atoms with Crippen molar-refractivity contribution >= 4 is 11.9 Å². The van der Waals surface area contributed by atoms with Gasteiger partial charge in [-0.1, -0.05) is 37.6 Å². The molecule has 0 heterocycles. The molecular weight excluding hydrogens is 292 g/mol. The molecule has 0 aliphatic heterocycles. The minimum absolute atomic E-state index is 0.190. The van der Waals surface area contributed by atoms with E-state index in [2.05, 4.69) is 12.7 Å². The number of methoxy groups -OCH3 is 2. The second kappa shape index (κ2) is 12.5. The molecule has 0 N–H and O–H groups in total. The highest BCUT2D eigenvalue weighted by Crippen LogP contribution is 2.31. The molecule has 4 heteroatoms. The third-order valence-corrected chi connectivity index (χ3v) is 3.45.